The van der Waals surface area contributed by atoms with Crippen molar-refractivity contribution in [3.63, 3.8) is 0 Å². The number of amides is 1. The van der Waals surface area contributed by atoms with Crippen molar-refractivity contribution in [2.45, 2.75) is 25.7 Å². The number of carbonyl (C=O) groups excluding carboxylic acids is 1. The maximum atomic E-state index is 12.5. The minimum Gasteiger partial charge on any atom is -0.381 e. The molecular formula is C22H36IN5O2. The first kappa shape index (κ1) is 24.7. The summed E-state index contributed by atoms with van der Waals surface area (Å²) in [5, 5.41) is 6.51. The highest BCUT2D eigenvalue weighted by molar-refractivity contribution is 14.0. The predicted octanol–water partition coefficient (Wildman–Crippen LogP) is 2.33. The second-order valence-electron chi connectivity index (χ2n) is 7.75. The van der Waals surface area contributed by atoms with Gasteiger partial charge in [-0.1, -0.05) is 18.2 Å². The van der Waals surface area contributed by atoms with Crippen LogP contribution in [0.1, 0.15) is 25.7 Å². The van der Waals surface area contributed by atoms with Crippen molar-refractivity contribution in [3.8, 4) is 0 Å². The van der Waals surface area contributed by atoms with Crippen molar-refractivity contribution in [2.24, 2.45) is 10.9 Å². The van der Waals surface area contributed by atoms with Gasteiger partial charge in [-0.15, -0.1) is 24.0 Å². The lowest BCUT2D eigenvalue weighted by molar-refractivity contribution is -0.131. The van der Waals surface area contributed by atoms with Gasteiger partial charge in [-0.3, -0.25) is 9.79 Å². The summed E-state index contributed by atoms with van der Waals surface area (Å²) in [5.41, 5.74) is 1.23. The topological polar surface area (TPSA) is 69.2 Å². The Morgan fingerprint density at radius 3 is 2.47 bits per heavy atom. The SMILES string of the molecule is CN=C(NCCCOCC1CC1)NCCC(=O)N1CCN(c2ccccc2)CC1.I. The lowest BCUT2D eigenvalue weighted by atomic mass is 10.2. The molecule has 1 aliphatic heterocycles. The van der Waals surface area contributed by atoms with E-state index in [1.807, 2.05) is 11.0 Å². The second-order valence-corrected chi connectivity index (χ2v) is 7.75. The van der Waals surface area contributed by atoms with Gasteiger partial charge in [0.25, 0.3) is 0 Å². The molecule has 0 spiro atoms. The van der Waals surface area contributed by atoms with Crippen molar-refractivity contribution in [1.82, 2.24) is 15.5 Å². The van der Waals surface area contributed by atoms with Gasteiger partial charge in [-0.2, -0.15) is 0 Å². The van der Waals surface area contributed by atoms with Gasteiger partial charge in [0.2, 0.25) is 5.91 Å². The summed E-state index contributed by atoms with van der Waals surface area (Å²) in [6.07, 6.45) is 4.10. The molecule has 1 aromatic carbocycles. The van der Waals surface area contributed by atoms with Crippen LogP contribution in [-0.2, 0) is 9.53 Å². The molecule has 2 aliphatic rings. The third kappa shape index (κ3) is 8.67. The smallest absolute Gasteiger partial charge is 0.224 e. The summed E-state index contributed by atoms with van der Waals surface area (Å²) < 4.78 is 5.63. The van der Waals surface area contributed by atoms with Crippen molar-refractivity contribution in [1.29, 1.82) is 0 Å². The minimum atomic E-state index is 0. The van der Waals surface area contributed by atoms with Crippen LogP contribution in [0.2, 0.25) is 0 Å². The Balaban J connectivity index is 0.00000320. The molecule has 8 heteroatoms. The Hall–Kier alpha value is -1.55. The van der Waals surface area contributed by atoms with E-state index in [1.165, 1.54) is 18.5 Å². The normalized spacial score (nSPS) is 16.8. The highest BCUT2D eigenvalue weighted by Gasteiger charge is 2.21. The van der Waals surface area contributed by atoms with Crippen LogP contribution >= 0.6 is 24.0 Å². The van der Waals surface area contributed by atoms with E-state index in [-0.39, 0.29) is 29.9 Å². The molecule has 2 N–H and O–H groups in total. The number of anilines is 1. The van der Waals surface area contributed by atoms with E-state index >= 15 is 0 Å². The van der Waals surface area contributed by atoms with Gasteiger partial charge in [0.15, 0.2) is 5.96 Å². The maximum Gasteiger partial charge on any atom is 0.224 e. The summed E-state index contributed by atoms with van der Waals surface area (Å²) in [6.45, 7) is 6.44. The molecule has 1 aliphatic carbocycles. The third-order valence-electron chi connectivity index (χ3n) is 5.42. The Morgan fingerprint density at radius 2 is 1.80 bits per heavy atom. The average Bonchev–Trinajstić information content (AvgIpc) is 3.60. The molecule has 7 nitrogen and oxygen atoms in total. The monoisotopic (exact) mass is 529 g/mol. The van der Waals surface area contributed by atoms with Crippen LogP contribution in [-0.4, -0.2) is 76.3 Å². The Morgan fingerprint density at radius 1 is 1.10 bits per heavy atom. The van der Waals surface area contributed by atoms with E-state index in [2.05, 4.69) is 44.8 Å². The molecule has 30 heavy (non-hydrogen) atoms. The number of para-hydroxylation sites is 1. The van der Waals surface area contributed by atoms with Crippen molar-refractivity contribution < 1.29 is 9.53 Å². The second kappa shape index (κ2) is 13.7. The van der Waals surface area contributed by atoms with Crippen molar-refractivity contribution in [3.05, 3.63) is 30.3 Å². The Labute approximate surface area is 197 Å². The predicted molar refractivity (Wildman–Crippen MR) is 133 cm³/mol. The summed E-state index contributed by atoms with van der Waals surface area (Å²) >= 11 is 0. The molecule has 0 unspecified atom stereocenters. The van der Waals surface area contributed by atoms with Crippen molar-refractivity contribution in [2.75, 3.05) is 64.4 Å². The van der Waals surface area contributed by atoms with Gasteiger partial charge in [0, 0.05) is 71.6 Å². The van der Waals surface area contributed by atoms with Crippen LogP contribution in [0.5, 0.6) is 0 Å². The molecule has 1 saturated heterocycles. The summed E-state index contributed by atoms with van der Waals surface area (Å²) in [6, 6.07) is 10.4. The van der Waals surface area contributed by atoms with Gasteiger partial charge >= 0.3 is 0 Å². The minimum absolute atomic E-state index is 0. The molecule has 1 amide bonds. The van der Waals surface area contributed by atoms with Crippen LogP contribution < -0.4 is 15.5 Å². The fraction of sp³-hybridized carbons (Fsp3) is 0.636. The van der Waals surface area contributed by atoms with Crippen LogP contribution in [0.4, 0.5) is 5.69 Å². The highest BCUT2D eigenvalue weighted by Crippen LogP contribution is 2.28. The number of halogens is 1. The van der Waals surface area contributed by atoms with Crippen molar-refractivity contribution >= 4 is 41.5 Å². The molecule has 168 valence electrons. The lowest BCUT2D eigenvalue weighted by Gasteiger charge is -2.36. The summed E-state index contributed by atoms with van der Waals surface area (Å²) in [4.78, 5) is 21.0. The number of guanidine groups is 1. The van der Waals surface area contributed by atoms with Crippen LogP contribution in [0.15, 0.2) is 35.3 Å². The Kier molecular flexibility index (Phi) is 11.3. The number of ether oxygens (including phenoxy) is 1. The lowest BCUT2D eigenvalue weighted by Crippen LogP contribution is -2.49. The molecule has 1 saturated carbocycles. The van der Waals surface area contributed by atoms with Crippen LogP contribution in [0.25, 0.3) is 0 Å². The van der Waals surface area contributed by atoms with Crippen LogP contribution in [0.3, 0.4) is 0 Å². The number of carbonyl (C=O) groups is 1. The Bertz CT molecular complexity index is 646. The molecule has 2 fully saturated rings. The zero-order valence-corrected chi connectivity index (χ0v) is 20.3. The summed E-state index contributed by atoms with van der Waals surface area (Å²) in [7, 11) is 1.75. The zero-order chi connectivity index (χ0) is 20.3. The molecular weight excluding hydrogens is 493 g/mol. The number of rotatable bonds is 10. The molecule has 0 atom stereocenters. The first-order chi connectivity index (χ1) is 14.3. The van der Waals surface area contributed by atoms with Gasteiger partial charge < -0.3 is 25.2 Å². The number of hydrogen-bond acceptors (Lipinski definition) is 4. The molecule has 0 radical (unpaired) electrons. The standard InChI is InChI=1S/C22H35N5O2.HI/c1-23-22(24-11-5-17-29-18-19-8-9-19)25-12-10-21(28)27-15-13-26(14-16-27)20-6-3-2-4-7-20;/h2-4,6-7,19H,5,8-18H2,1H3,(H2,23,24,25);1H. The maximum absolute atomic E-state index is 12.5. The van der Waals surface area contributed by atoms with E-state index in [0.29, 0.717) is 13.0 Å². The average molecular weight is 529 g/mol. The zero-order valence-electron chi connectivity index (χ0n) is 18.0. The van der Waals surface area contributed by atoms with E-state index in [0.717, 1.165) is 64.2 Å². The largest absolute Gasteiger partial charge is 0.381 e. The molecule has 0 aromatic heterocycles. The molecule has 1 heterocycles. The summed E-state index contributed by atoms with van der Waals surface area (Å²) in [5.74, 6) is 1.76. The molecule has 0 bridgehead atoms. The van der Waals surface area contributed by atoms with E-state index in [9.17, 15) is 4.79 Å². The third-order valence-corrected chi connectivity index (χ3v) is 5.42. The van der Waals surface area contributed by atoms with Gasteiger partial charge in [0.1, 0.15) is 0 Å². The number of nitrogens with one attached hydrogen (secondary N) is 2. The van der Waals surface area contributed by atoms with Gasteiger partial charge in [-0.05, 0) is 37.3 Å². The number of hydrogen-bond donors (Lipinski definition) is 2. The number of nitrogens with zero attached hydrogens (tertiary/aromatic N) is 3. The fourth-order valence-corrected chi connectivity index (χ4v) is 3.43. The molecule has 1 aromatic rings. The van der Waals surface area contributed by atoms with E-state index < -0.39 is 0 Å². The van der Waals surface area contributed by atoms with E-state index in [1.54, 1.807) is 7.05 Å². The number of aliphatic imine (C=N–C) groups is 1. The van der Waals surface area contributed by atoms with E-state index in [4.69, 9.17) is 4.74 Å². The fourth-order valence-electron chi connectivity index (χ4n) is 3.43. The first-order valence-electron chi connectivity index (χ1n) is 10.9. The first-order valence-corrected chi connectivity index (χ1v) is 10.9. The van der Waals surface area contributed by atoms with Crippen LogP contribution in [0, 0.1) is 5.92 Å². The molecule has 3 rings (SSSR count). The highest BCUT2D eigenvalue weighted by atomic mass is 127. The van der Waals surface area contributed by atoms with Gasteiger partial charge in [-0.25, -0.2) is 0 Å². The number of piperazine rings is 1. The number of benzene rings is 1. The quantitative estimate of drug-likeness (QED) is 0.211. The van der Waals surface area contributed by atoms with Gasteiger partial charge in [0.05, 0.1) is 0 Å².